The van der Waals surface area contributed by atoms with Crippen molar-refractivity contribution in [1.29, 1.82) is 0 Å². The van der Waals surface area contributed by atoms with Gasteiger partial charge in [-0.1, -0.05) is 34.6 Å². The summed E-state index contributed by atoms with van der Waals surface area (Å²) in [6.07, 6.45) is 0.841. The fourth-order valence-electron chi connectivity index (χ4n) is 1.61. The van der Waals surface area contributed by atoms with E-state index in [1.807, 2.05) is 6.92 Å². The largest absolute Gasteiger partial charge is 0.490 e. The average Bonchev–Trinajstić information content (AvgIpc) is 2.35. The van der Waals surface area contributed by atoms with Crippen molar-refractivity contribution in [3.05, 3.63) is 17.9 Å². The normalized spacial score (nSPS) is 13.1. The zero-order valence-corrected chi connectivity index (χ0v) is 13.2. The van der Waals surface area contributed by atoms with E-state index in [0.29, 0.717) is 18.2 Å². The molecule has 20 heavy (non-hydrogen) atoms. The summed E-state index contributed by atoms with van der Waals surface area (Å²) in [6, 6.07) is 2.96. The summed E-state index contributed by atoms with van der Waals surface area (Å²) in [6.45, 7) is 12.0. The molecule has 0 saturated carbocycles. The molecule has 0 bridgehead atoms. The Kier molecular flexibility index (Phi) is 5.66. The first-order valence-electron chi connectivity index (χ1n) is 7.21. The molecule has 3 N–H and O–H groups in total. The minimum absolute atomic E-state index is 0.212. The van der Waals surface area contributed by atoms with Gasteiger partial charge >= 0.3 is 0 Å². The summed E-state index contributed by atoms with van der Waals surface area (Å²) in [4.78, 5) is 0. The molecule has 0 spiro atoms. The molecule has 0 saturated heterocycles. The summed E-state index contributed by atoms with van der Waals surface area (Å²) in [5.74, 6) is 0.310. The van der Waals surface area contributed by atoms with E-state index < -0.39 is 5.82 Å². The smallest absolute Gasteiger partial charge is 0.167 e. The molecule has 4 heteroatoms. The summed E-state index contributed by atoms with van der Waals surface area (Å²) >= 11 is 0. The Balaban J connectivity index is 2.79. The van der Waals surface area contributed by atoms with E-state index in [-0.39, 0.29) is 11.2 Å². The van der Waals surface area contributed by atoms with Crippen molar-refractivity contribution in [3.8, 4) is 5.75 Å². The average molecular weight is 282 g/mol. The molecule has 0 aliphatic heterocycles. The maximum atomic E-state index is 13.7. The Morgan fingerprint density at radius 2 is 2.00 bits per heavy atom. The maximum absolute atomic E-state index is 13.7. The quantitative estimate of drug-likeness (QED) is 0.765. The van der Waals surface area contributed by atoms with Crippen LogP contribution in [-0.4, -0.2) is 13.2 Å². The van der Waals surface area contributed by atoms with Crippen LogP contribution in [0.3, 0.4) is 0 Å². The van der Waals surface area contributed by atoms with Crippen molar-refractivity contribution in [1.82, 2.24) is 0 Å². The number of nitrogens with two attached hydrogens (primary N) is 1. The van der Waals surface area contributed by atoms with E-state index in [4.69, 9.17) is 10.5 Å². The van der Waals surface area contributed by atoms with Gasteiger partial charge in [0.25, 0.3) is 0 Å². The summed E-state index contributed by atoms with van der Waals surface area (Å²) < 4.78 is 19.1. The second-order valence-electron chi connectivity index (χ2n) is 6.37. The van der Waals surface area contributed by atoms with Crippen molar-refractivity contribution in [2.45, 2.75) is 41.0 Å². The highest BCUT2D eigenvalue weighted by atomic mass is 19.1. The molecule has 1 aromatic carbocycles. The van der Waals surface area contributed by atoms with Crippen LogP contribution in [0.2, 0.25) is 0 Å². The second kappa shape index (κ2) is 6.82. The third kappa shape index (κ3) is 4.58. The minimum Gasteiger partial charge on any atom is -0.490 e. The zero-order valence-electron chi connectivity index (χ0n) is 13.2. The number of nitrogens with one attached hydrogen (secondary N) is 1. The van der Waals surface area contributed by atoms with Crippen LogP contribution in [0, 0.1) is 17.2 Å². The molecule has 3 nitrogen and oxygen atoms in total. The Morgan fingerprint density at radius 1 is 1.35 bits per heavy atom. The summed E-state index contributed by atoms with van der Waals surface area (Å²) in [7, 11) is 0. The molecule has 1 unspecified atom stereocenters. The summed E-state index contributed by atoms with van der Waals surface area (Å²) in [5, 5.41) is 3.29. The number of ether oxygens (including phenoxy) is 1. The van der Waals surface area contributed by atoms with Gasteiger partial charge in [-0.05, 0) is 17.8 Å². The van der Waals surface area contributed by atoms with Crippen molar-refractivity contribution in [2.75, 3.05) is 24.2 Å². The molecular formula is C16H27FN2O. The van der Waals surface area contributed by atoms with Gasteiger partial charge in [0.15, 0.2) is 11.6 Å². The fourth-order valence-corrected chi connectivity index (χ4v) is 1.61. The number of hydrogen-bond donors (Lipinski definition) is 2. The van der Waals surface area contributed by atoms with Gasteiger partial charge < -0.3 is 15.8 Å². The molecule has 114 valence electrons. The molecule has 0 amide bonds. The minimum atomic E-state index is -0.412. The number of benzene rings is 1. The van der Waals surface area contributed by atoms with E-state index >= 15 is 0 Å². The van der Waals surface area contributed by atoms with Gasteiger partial charge in [0.05, 0.1) is 18.0 Å². The van der Waals surface area contributed by atoms with Crippen LogP contribution in [0.5, 0.6) is 5.75 Å². The molecule has 1 aromatic rings. The molecule has 0 aromatic heterocycles. The third-order valence-corrected chi connectivity index (χ3v) is 3.64. The highest BCUT2D eigenvalue weighted by Gasteiger charge is 2.20. The second-order valence-corrected chi connectivity index (χ2v) is 6.37. The maximum Gasteiger partial charge on any atom is 0.167 e. The van der Waals surface area contributed by atoms with Crippen LogP contribution < -0.4 is 15.8 Å². The lowest BCUT2D eigenvalue weighted by Crippen LogP contribution is -2.25. The standard InChI is InChI=1S/C16H27FN2O/c1-6-7-20-15-9-14(13(18)8-12(15)17)19-10-11(2)16(3,4)5/h8-9,11,19H,6-7,10,18H2,1-5H3. The van der Waals surface area contributed by atoms with E-state index in [1.165, 1.54) is 6.07 Å². The van der Waals surface area contributed by atoms with Crippen LogP contribution in [0.1, 0.15) is 41.0 Å². The number of nitrogen functional groups attached to an aromatic ring is 1. The van der Waals surface area contributed by atoms with Crippen LogP contribution >= 0.6 is 0 Å². The van der Waals surface area contributed by atoms with Gasteiger partial charge in [0, 0.05) is 18.7 Å². The summed E-state index contributed by atoms with van der Waals surface area (Å²) in [5.41, 5.74) is 7.21. The van der Waals surface area contributed by atoms with Gasteiger partial charge in [-0.25, -0.2) is 4.39 Å². The lowest BCUT2D eigenvalue weighted by molar-refractivity contribution is 0.274. The molecular weight excluding hydrogens is 255 g/mol. The van der Waals surface area contributed by atoms with Crippen molar-refractivity contribution in [2.24, 2.45) is 11.3 Å². The predicted octanol–water partition coefficient (Wildman–Crippen LogP) is 4.29. The SMILES string of the molecule is CCCOc1cc(NCC(C)C(C)(C)C)c(N)cc1F. The number of rotatable bonds is 6. The van der Waals surface area contributed by atoms with Crippen LogP contribution in [0.4, 0.5) is 15.8 Å². The van der Waals surface area contributed by atoms with Crippen molar-refractivity contribution in [3.63, 3.8) is 0 Å². The zero-order chi connectivity index (χ0) is 15.3. The van der Waals surface area contributed by atoms with E-state index in [9.17, 15) is 4.39 Å². The lowest BCUT2D eigenvalue weighted by Gasteiger charge is -2.28. The number of hydrogen-bond acceptors (Lipinski definition) is 3. The Bertz CT molecular complexity index is 441. The molecule has 0 aliphatic carbocycles. The van der Waals surface area contributed by atoms with E-state index in [0.717, 1.165) is 18.7 Å². The van der Waals surface area contributed by atoms with Gasteiger partial charge in [-0.2, -0.15) is 0 Å². The first-order chi connectivity index (χ1) is 9.25. The van der Waals surface area contributed by atoms with Crippen molar-refractivity contribution >= 4 is 11.4 Å². The van der Waals surface area contributed by atoms with Crippen LogP contribution in [-0.2, 0) is 0 Å². The van der Waals surface area contributed by atoms with E-state index in [1.54, 1.807) is 6.07 Å². The highest BCUT2D eigenvalue weighted by Crippen LogP contribution is 2.30. The van der Waals surface area contributed by atoms with Gasteiger partial charge in [-0.3, -0.25) is 0 Å². The Hall–Kier alpha value is -1.45. The first kappa shape index (κ1) is 16.6. The molecule has 0 radical (unpaired) electrons. The van der Waals surface area contributed by atoms with Gasteiger partial charge in [0.1, 0.15) is 0 Å². The molecule has 0 fully saturated rings. The number of anilines is 2. The monoisotopic (exact) mass is 282 g/mol. The topological polar surface area (TPSA) is 47.3 Å². The Labute approximate surface area is 121 Å². The van der Waals surface area contributed by atoms with Crippen molar-refractivity contribution < 1.29 is 9.13 Å². The number of halogens is 1. The third-order valence-electron chi connectivity index (χ3n) is 3.64. The molecule has 1 atom stereocenters. The molecule has 0 heterocycles. The Morgan fingerprint density at radius 3 is 2.55 bits per heavy atom. The lowest BCUT2D eigenvalue weighted by atomic mass is 9.82. The van der Waals surface area contributed by atoms with Crippen LogP contribution in [0.25, 0.3) is 0 Å². The van der Waals surface area contributed by atoms with Gasteiger partial charge in [-0.15, -0.1) is 0 Å². The molecule has 0 aliphatic rings. The van der Waals surface area contributed by atoms with Crippen LogP contribution in [0.15, 0.2) is 12.1 Å². The molecule has 1 rings (SSSR count). The van der Waals surface area contributed by atoms with E-state index in [2.05, 4.69) is 33.0 Å². The first-order valence-corrected chi connectivity index (χ1v) is 7.21. The predicted molar refractivity (Wildman–Crippen MR) is 83.7 cm³/mol. The van der Waals surface area contributed by atoms with Gasteiger partial charge in [0.2, 0.25) is 0 Å². The highest BCUT2D eigenvalue weighted by molar-refractivity contribution is 5.68. The fraction of sp³-hybridized carbons (Fsp3) is 0.625.